The lowest BCUT2D eigenvalue weighted by molar-refractivity contribution is -0.0402. The van der Waals surface area contributed by atoms with Gasteiger partial charge in [0, 0.05) is 34.3 Å². The molecule has 1 aromatic heterocycles. The van der Waals surface area contributed by atoms with E-state index in [-0.39, 0.29) is 5.92 Å². The molecule has 4 heteroatoms. The van der Waals surface area contributed by atoms with Gasteiger partial charge < -0.3 is 15.0 Å². The highest BCUT2D eigenvalue weighted by molar-refractivity contribution is 7.99. The maximum atomic E-state index is 11.9. The van der Waals surface area contributed by atoms with Gasteiger partial charge in [-0.2, -0.15) is 11.8 Å². The zero-order valence-electron chi connectivity index (χ0n) is 17.7. The molecule has 0 spiro atoms. The monoisotopic (exact) mass is 408 g/mol. The van der Waals surface area contributed by atoms with Crippen LogP contribution in [0.25, 0.3) is 10.9 Å². The van der Waals surface area contributed by atoms with Crippen molar-refractivity contribution >= 4 is 22.7 Å². The molecule has 3 unspecified atom stereocenters. The minimum absolute atomic E-state index is 0.153. The van der Waals surface area contributed by atoms with Gasteiger partial charge >= 0.3 is 0 Å². The predicted molar refractivity (Wildman–Crippen MR) is 124 cm³/mol. The molecule has 2 heterocycles. The standard InChI is InChI=1S/C25H32N2OS/c1-4-25(28,18-10-6-5-7-11-18)19(17-27(2)3)16-23-24-21(14-15-29-23)20-12-8-9-13-22(20)26-24/h5-13,19,23,26,28H,4,14-17H2,1-3H3. The van der Waals surface area contributed by atoms with Crippen LogP contribution in [0.15, 0.2) is 54.6 Å². The van der Waals surface area contributed by atoms with Crippen LogP contribution < -0.4 is 0 Å². The first-order chi connectivity index (χ1) is 14.0. The molecular formula is C25H32N2OS. The average molecular weight is 409 g/mol. The van der Waals surface area contributed by atoms with Gasteiger partial charge in [-0.15, -0.1) is 0 Å². The van der Waals surface area contributed by atoms with Crippen molar-refractivity contribution in [3.8, 4) is 0 Å². The minimum Gasteiger partial charge on any atom is -0.385 e. The lowest BCUT2D eigenvalue weighted by Crippen LogP contribution is -2.41. The zero-order chi connectivity index (χ0) is 20.4. The van der Waals surface area contributed by atoms with Crippen LogP contribution in [0.2, 0.25) is 0 Å². The highest BCUT2D eigenvalue weighted by Crippen LogP contribution is 2.47. The molecule has 2 aromatic carbocycles. The van der Waals surface area contributed by atoms with Crippen molar-refractivity contribution in [2.75, 3.05) is 26.4 Å². The van der Waals surface area contributed by atoms with Crippen LogP contribution >= 0.6 is 11.8 Å². The SMILES string of the molecule is CCC(O)(c1ccccc1)C(CC1SCCc2c1[nH]c1ccccc21)CN(C)C. The Balaban J connectivity index is 1.70. The quantitative estimate of drug-likeness (QED) is 0.552. The van der Waals surface area contributed by atoms with Crippen molar-refractivity contribution in [2.45, 2.75) is 37.0 Å². The normalized spacial score (nSPS) is 19.8. The number of hydrogen-bond donors (Lipinski definition) is 2. The van der Waals surface area contributed by atoms with E-state index in [1.165, 1.54) is 22.2 Å². The Morgan fingerprint density at radius 1 is 1.14 bits per heavy atom. The third-order valence-corrected chi connectivity index (χ3v) is 7.68. The van der Waals surface area contributed by atoms with Crippen molar-refractivity contribution in [1.29, 1.82) is 0 Å². The van der Waals surface area contributed by atoms with Gasteiger partial charge in [0.25, 0.3) is 0 Å². The Labute approximate surface area is 178 Å². The van der Waals surface area contributed by atoms with Gasteiger partial charge in [0.05, 0.1) is 5.60 Å². The molecule has 1 aliphatic rings. The Kier molecular flexibility index (Phi) is 6.05. The van der Waals surface area contributed by atoms with Crippen LogP contribution in [-0.2, 0) is 12.0 Å². The van der Waals surface area contributed by atoms with Crippen LogP contribution in [0, 0.1) is 5.92 Å². The number of para-hydroxylation sites is 1. The fraction of sp³-hybridized carbons (Fsp3) is 0.440. The van der Waals surface area contributed by atoms with E-state index in [2.05, 4.69) is 67.3 Å². The van der Waals surface area contributed by atoms with E-state index in [0.29, 0.717) is 11.7 Å². The molecule has 0 bridgehead atoms. The number of nitrogens with zero attached hydrogens (tertiary/aromatic N) is 1. The maximum Gasteiger partial charge on any atom is 0.0934 e. The second-order valence-corrected chi connectivity index (χ2v) is 9.82. The van der Waals surface area contributed by atoms with Gasteiger partial charge in [0.1, 0.15) is 0 Å². The number of hydrogen-bond acceptors (Lipinski definition) is 3. The van der Waals surface area contributed by atoms with Crippen LogP contribution in [0.4, 0.5) is 0 Å². The first kappa shape index (κ1) is 20.5. The molecule has 3 atom stereocenters. The summed E-state index contributed by atoms with van der Waals surface area (Å²) >= 11 is 2.04. The topological polar surface area (TPSA) is 39.3 Å². The summed E-state index contributed by atoms with van der Waals surface area (Å²) in [5.41, 5.74) is 4.30. The summed E-state index contributed by atoms with van der Waals surface area (Å²) in [6, 6.07) is 18.9. The Morgan fingerprint density at radius 3 is 2.59 bits per heavy atom. The second-order valence-electron chi connectivity index (χ2n) is 8.51. The van der Waals surface area contributed by atoms with E-state index >= 15 is 0 Å². The summed E-state index contributed by atoms with van der Waals surface area (Å²) in [4.78, 5) is 5.93. The van der Waals surface area contributed by atoms with E-state index in [0.717, 1.165) is 30.7 Å². The molecule has 0 saturated heterocycles. The van der Waals surface area contributed by atoms with E-state index in [9.17, 15) is 5.11 Å². The molecule has 154 valence electrons. The fourth-order valence-corrected chi connectivity index (χ4v) is 6.26. The number of H-pyrrole nitrogens is 1. The summed E-state index contributed by atoms with van der Waals surface area (Å²) in [6.07, 6.45) is 2.80. The lowest BCUT2D eigenvalue weighted by Gasteiger charge is -2.40. The molecule has 3 aromatic rings. The number of aliphatic hydroxyl groups is 1. The third-order valence-electron chi connectivity index (χ3n) is 6.41. The first-order valence-corrected chi connectivity index (χ1v) is 11.7. The molecule has 2 N–H and O–H groups in total. The van der Waals surface area contributed by atoms with E-state index in [1.54, 1.807) is 0 Å². The molecular weight excluding hydrogens is 376 g/mol. The molecule has 1 aliphatic heterocycles. The number of thioether (sulfide) groups is 1. The van der Waals surface area contributed by atoms with Gasteiger partial charge in [-0.1, -0.05) is 55.5 Å². The van der Waals surface area contributed by atoms with Gasteiger partial charge in [0.15, 0.2) is 0 Å². The molecule has 29 heavy (non-hydrogen) atoms. The van der Waals surface area contributed by atoms with Crippen LogP contribution in [0.5, 0.6) is 0 Å². The van der Waals surface area contributed by atoms with Crippen LogP contribution in [-0.4, -0.2) is 41.4 Å². The first-order valence-electron chi connectivity index (χ1n) is 10.7. The summed E-state index contributed by atoms with van der Waals surface area (Å²) in [7, 11) is 4.22. The number of benzene rings is 2. The van der Waals surface area contributed by atoms with Gasteiger partial charge in [-0.25, -0.2) is 0 Å². The van der Waals surface area contributed by atoms with Crippen molar-refractivity contribution in [1.82, 2.24) is 9.88 Å². The number of rotatable bonds is 7. The highest BCUT2D eigenvalue weighted by atomic mass is 32.2. The van der Waals surface area contributed by atoms with Gasteiger partial charge in [-0.3, -0.25) is 0 Å². The molecule has 4 rings (SSSR count). The van der Waals surface area contributed by atoms with E-state index in [4.69, 9.17) is 0 Å². The molecule has 0 amide bonds. The largest absolute Gasteiger partial charge is 0.385 e. The second kappa shape index (κ2) is 8.55. The van der Waals surface area contributed by atoms with Crippen molar-refractivity contribution in [2.24, 2.45) is 5.92 Å². The molecule has 0 saturated carbocycles. The van der Waals surface area contributed by atoms with Crippen LogP contribution in [0.1, 0.15) is 41.8 Å². The summed E-state index contributed by atoms with van der Waals surface area (Å²) in [5.74, 6) is 1.30. The number of nitrogens with one attached hydrogen (secondary N) is 1. The molecule has 0 fully saturated rings. The Bertz CT molecular complexity index is 952. The molecule has 3 nitrogen and oxygen atoms in total. The van der Waals surface area contributed by atoms with E-state index < -0.39 is 5.60 Å². The fourth-order valence-electron chi connectivity index (χ4n) is 4.91. The number of aromatic amines is 1. The lowest BCUT2D eigenvalue weighted by atomic mass is 9.76. The van der Waals surface area contributed by atoms with Crippen molar-refractivity contribution in [3.05, 3.63) is 71.4 Å². The Hall–Kier alpha value is -1.75. The maximum absolute atomic E-state index is 11.9. The molecule has 0 radical (unpaired) electrons. The number of aromatic nitrogens is 1. The summed E-state index contributed by atoms with van der Waals surface area (Å²) < 4.78 is 0. The summed E-state index contributed by atoms with van der Waals surface area (Å²) in [6.45, 7) is 2.98. The highest BCUT2D eigenvalue weighted by Gasteiger charge is 2.39. The zero-order valence-corrected chi connectivity index (χ0v) is 18.5. The predicted octanol–water partition coefficient (Wildman–Crippen LogP) is 5.36. The van der Waals surface area contributed by atoms with Gasteiger partial charge in [0.2, 0.25) is 0 Å². The van der Waals surface area contributed by atoms with Crippen molar-refractivity contribution < 1.29 is 5.11 Å². The smallest absolute Gasteiger partial charge is 0.0934 e. The van der Waals surface area contributed by atoms with Crippen molar-refractivity contribution in [3.63, 3.8) is 0 Å². The number of fused-ring (bicyclic) bond motifs is 3. The van der Waals surface area contributed by atoms with E-state index in [1.807, 2.05) is 30.0 Å². The average Bonchev–Trinajstić information content (AvgIpc) is 3.13. The summed E-state index contributed by atoms with van der Waals surface area (Å²) in [5, 5.41) is 13.6. The third kappa shape index (κ3) is 3.98. The Morgan fingerprint density at radius 2 is 1.86 bits per heavy atom. The molecule has 0 aliphatic carbocycles. The minimum atomic E-state index is -0.824. The van der Waals surface area contributed by atoms with Crippen LogP contribution in [0.3, 0.4) is 0 Å². The number of aryl methyl sites for hydroxylation is 1. The van der Waals surface area contributed by atoms with Gasteiger partial charge in [-0.05, 0) is 56.3 Å².